The molecule has 0 bridgehead atoms. The fourth-order valence-corrected chi connectivity index (χ4v) is 3.57. The highest BCUT2D eigenvalue weighted by Crippen LogP contribution is 2.24. The first-order valence-corrected chi connectivity index (χ1v) is 8.68. The second kappa shape index (κ2) is 6.33. The summed E-state index contributed by atoms with van der Waals surface area (Å²) in [6.07, 6.45) is 2.58. The summed E-state index contributed by atoms with van der Waals surface area (Å²) in [5.74, 6) is 0.417. The van der Waals surface area contributed by atoms with Crippen molar-refractivity contribution in [2.24, 2.45) is 0 Å². The van der Waals surface area contributed by atoms with E-state index in [0.29, 0.717) is 5.39 Å². The largest absolute Gasteiger partial charge is 0.497 e. The second-order valence-electron chi connectivity index (χ2n) is 6.60. The Bertz CT molecular complexity index is 1050. The molecule has 1 aliphatic heterocycles. The quantitative estimate of drug-likeness (QED) is 0.788. The van der Waals surface area contributed by atoms with E-state index in [2.05, 4.69) is 5.32 Å². The fourth-order valence-electron chi connectivity index (χ4n) is 3.57. The van der Waals surface area contributed by atoms with E-state index >= 15 is 0 Å². The van der Waals surface area contributed by atoms with Crippen molar-refractivity contribution in [1.29, 1.82) is 0 Å². The number of amides is 1. The van der Waals surface area contributed by atoms with Crippen LogP contribution in [0, 0.1) is 0 Å². The number of nitrogens with one attached hydrogen (secondary N) is 1. The normalized spacial score (nSPS) is 13.6. The lowest BCUT2D eigenvalue weighted by molar-refractivity contribution is 0.0938. The van der Waals surface area contributed by atoms with Gasteiger partial charge in [0.05, 0.1) is 18.7 Å². The Balaban J connectivity index is 1.65. The van der Waals surface area contributed by atoms with E-state index in [0.717, 1.165) is 35.4 Å². The Morgan fingerprint density at radius 2 is 1.96 bits per heavy atom. The number of benzene rings is 2. The SMILES string of the molecule is COc1ccc(C(C)NC(=O)c2cn3c4c(cccc4c2=O)CC3)cc1. The maximum Gasteiger partial charge on any atom is 0.257 e. The van der Waals surface area contributed by atoms with Gasteiger partial charge in [-0.15, -0.1) is 0 Å². The second-order valence-corrected chi connectivity index (χ2v) is 6.60. The lowest BCUT2D eigenvalue weighted by Crippen LogP contribution is -2.31. The van der Waals surface area contributed by atoms with Gasteiger partial charge in [-0.05, 0) is 42.7 Å². The molecule has 0 spiro atoms. The minimum absolute atomic E-state index is 0.192. The van der Waals surface area contributed by atoms with Crippen molar-refractivity contribution in [2.45, 2.75) is 25.9 Å². The van der Waals surface area contributed by atoms with Gasteiger partial charge >= 0.3 is 0 Å². The van der Waals surface area contributed by atoms with Crippen LogP contribution in [-0.4, -0.2) is 17.6 Å². The molecule has 1 N–H and O–H groups in total. The van der Waals surface area contributed by atoms with Gasteiger partial charge in [0.2, 0.25) is 5.43 Å². The molecule has 0 saturated carbocycles. The highest BCUT2D eigenvalue weighted by atomic mass is 16.5. The van der Waals surface area contributed by atoms with E-state index < -0.39 is 0 Å². The highest BCUT2D eigenvalue weighted by molar-refractivity contribution is 5.98. The summed E-state index contributed by atoms with van der Waals surface area (Å²) in [4.78, 5) is 25.6. The number of pyridine rings is 1. The molecule has 1 aromatic heterocycles. The van der Waals surface area contributed by atoms with Crippen LogP contribution in [0.2, 0.25) is 0 Å². The lowest BCUT2D eigenvalue weighted by Gasteiger charge is -2.15. The van der Waals surface area contributed by atoms with Crippen LogP contribution in [0.1, 0.15) is 34.5 Å². The van der Waals surface area contributed by atoms with E-state index in [1.165, 1.54) is 0 Å². The molecule has 4 rings (SSSR count). The number of rotatable bonds is 4. The number of hydrogen-bond donors (Lipinski definition) is 1. The Kier molecular flexibility index (Phi) is 3.99. The van der Waals surface area contributed by atoms with Gasteiger partial charge in [0.15, 0.2) is 0 Å². The first-order chi connectivity index (χ1) is 12.6. The van der Waals surface area contributed by atoms with Gasteiger partial charge in [-0.2, -0.15) is 0 Å². The molecule has 1 amide bonds. The van der Waals surface area contributed by atoms with Crippen molar-refractivity contribution in [1.82, 2.24) is 9.88 Å². The first-order valence-electron chi connectivity index (χ1n) is 8.68. The smallest absolute Gasteiger partial charge is 0.257 e. The number of ether oxygens (including phenoxy) is 1. The molecule has 132 valence electrons. The third-order valence-electron chi connectivity index (χ3n) is 5.01. The number of para-hydroxylation sites is 1. The van der Waals surface area contributed by atoms with Gasteiger partial charge in [0, 0.05) is 18.1 Å². The molecule has 5 heteroatoms. The van der Waals surface area contributed by atoms with E-state index in [4.69, 9.17) is 4.74 Å². The average molecular weight is 348 g/mol. The molecule has 0 radical (unpaired) electrons. The lowest BCUT2D eigenvalue weighted by atomic mass is 10.1. The summed E-state index contributed by atoms with van der Waals surface area (Å²) in [5, 5.41) is 3.55. The standard InChI is InChI=1S/C21H20N2O3/c1-13(14-6-8-16(26-2)9-7-14)22-21(25)18-12-23-11-10-15-4-3-5-17(19(15)23)20(18)24/h3-9,12-13H,10-11H2,1-2H3,(H,22,25). The van der Waals surface area contributed by atoms with Crippen LogP contribution in [0.4, 0.5) is 0 Å². The summed E-state index contributed by atoms with van der Waals surface area (Å²) in [5.41, 5.74) is 3.05. The van der Waals surface area contributed by atoms with Crippen molar-refractivity contribution < 1.29 is 9.53 Å². The summed E-state index contributed by atoms with van der Waals surface area (Å²) in [6, 6.07) is 13.0. The Morgan fingerprint density at radius 1 is 1.19 bits per heavy atom. The Morgan fingerprint density at radius 3 is 2.69 bits per heavy atom. The molecule has 0 fully saturated rings. The van der Waals surface area contributed by atoms with Crippen molar-refractivity contribution in [3.63, 3.8) is 0 Å². The van der Waals surface area contributed by atoms with Crippen LogP contribution in [0.25, 0.3) is 10.9 Å². The van der Waals surface area contributed by atoms with Gasteiger partial charge in [-0.25, -0.2) is 0 Å². The minimum atomic E-state index is -0.346. The minimum Gasteiger partial charge on any atom is -0.497 e. The molecule has 26 heavy (non-hydrogen) atoms. The number of carbonyl (C=O) groups excluding carboxylic acids is 1. The molecular weight excluding hydrogens is 328 g/mol. The molecule has 0 aliphatic carbocycles. The van der Waals surface area contributed by atoms with Crippen molar-refractivity contribution in [3.05, 3.63) is 75.6 Å². The van der Waals surface area contributed by atoms with E-state index in [1.54, 1.807) is 19.4 Å². The summed E-state index contributed by atoms with van der Waals surface area (Å²) in [7, 11) is 1.61. The van der Waals surface area contributed by atoms with Gasteiger partial charge < -0.3 is 14.6 Å². The molecule has 0 saturated heterocycles. The number of hydrogen-bond acceptors (Lipinski definition) is 3. The summed E-state index contributed by atoms with van der Waals surface area (Å²) >= 11 is 0. The molecule has 1 atom stereocenters. The van der Waals surface area contributed by atoms with E-state index in [1.807, 2.05) is 47.9 Å². The van der Waals surface area contributed by atoms with Gasteiger partial charge in [0.25, 0.3) is 5.91 Å². The molecule has 5 nitrogen and oxygen atoms in total. The monoisotopic (exact) mass is 348 g/mol. The molecule has 1 aliphatic rings. The van der Waals surface area contributed by atoms with Crippen LogP contribution >= 0.6 is 0 Å². The van der Waals surface area contributed by atoms with Crippen LogP contribution in [-0.2, 0) is 13.0 Å². The van der Waals surface area contributed by atoms with Crippen molar-refractivity contribution in [3.8, 4) is 5.75 Å². The van der Waals surface area contributed by atoms with E-state index in [9.17, 15) is 9.59 Å². The molecule has 2 aromatic carbocycles. The molecule has 3 aromatic rings. The van der Waals surface area contributed by atoms with Gasteiger partial charge in [-0.3, -0.25) is 9.59 Å². The molecule has 1 unspecified atom stereocenters. The number of aromatic nitrogens is 1. The Hall–Kier alpha value is -3.08. The Labute approximate surface area is 151 Å². The third kappa shape index (κ3) is 2.65. The zero-order valence-corrected chi connectivity index (χ0v) is 14.8. The van der Waals surface area contributed by atoms with Crippen molar-refractivity contribution in [2.75, 3.05) is 7.11 Å². The topological polar surface area (TPSA) is 60.3 Å². The summed E-state index contributed by atoms with van der Waals surface area (Å²) < 4.78 is 7.17. The van der Waals surface area contributed by atoms with E-state index in [-0.39, 0.29) is 22.9 Å². The van der Waals surface area contributed by atoms with Gasteiger partial charge in [0.1, 0.15) is 11.3 Å². The first kappa shape index (κ1) is 16.4. The van der Waals surface area contributed by atoms with Gasteiger partial charge in [-0.1, -0.05) is 24.3 Å². The average Bonchev–Trinajstić information content (AvgIpc) is 3.08. The number of methoxy groups -OCH3 is 1. The number of carbonyl (C=O) groups is 1. The predicted octanol–water partition coefficient (Wildman–Crippen LogP) is 3.06. The fraction of sp³-hybridized carbons (Fsp3) is 0.238. The number of nitrogens with zero attached hydrogens (tertiary/aromatic N) is 1. The molecular formula is C21H20N2O3. The highest BCUT2D eigenvalue weighted by Gasteiger charge is 2.21. The zero-order chi connectivity index (χ0) is 18.3. The van der Waals surface area contributed by atoms with Crippen LogP contribution in [0.15, 0.2) is 53.5 Å². The third-order valence-corrected chi connectivity index (χ3v) is 5.01. The molecule has 2 heterocycles. The van der Waals surface area contributed by atoms with Crippen LogP contribution < -0.4 is 15.5 Å². The number of aryl methyl sites for hydroxylation is 2. The van der Waals surface area contributed by atoms with Crippen LogP contribution in [0.3, 0.4) is 0 Å². The van der Waals surface area contributed by atoms with Crippen LogP contribution in [0.5, 0.6) is 5.75 Å². The maximum absolute atomic E-state index is 12.8. The summed E-state index contributed by atoms with van der Waals surface area (Å²) in [6.45, 7) is 2.69. The zero-order valence-electron chi connectivity index (χ0n) is 14.8. The predicted molar refractivity (Wildman–Crippen MR) is 101 cm³/mol. The van der Waals surface area contributed by atoms with Crippen molar-refractivity contribution >= 4 is 16.8 Å². The maximum atomic E-state index is 12.8.